The number of aromatic nitrogens is 1. The number of nitrogens with one attached hydrogen (secondary N) is 2. The van der Waals surface area contributed by atoms with E-state index in [4.69, 9.17) is 33.3 Å². The van der Waals surface area contributed by atoms with Gasteiger partial charge in [0.05, 0.1) is 39.4 Å². The van der Waals surface area contributed by atoms with Crippen molar-refractivity contribution in [1.29, 1.82) is 5.26 Å². The molecule has 354 valence electrons. The van der Waals surface area contributed by atoms with Crippen molar-refractivity contribution in [2.75, 3.05) is 36.2 Å². The SMILES string of the molecule is CC(C)(C)[C@H](NC(=O)COCCCCOc1ccc(-c2ccc(N3C(=S)N(c4ccc(C#N)c(Cl)c4)C(=O)C3(C)C)cc2)cc1)C(=O)N1C[C@H](O)C[C@H]1C(=O)NCc1ccc(-c2cncs2)cc1. The molecule has 5 aromatic rings. The smallest absolute Gasteiger partial charge is 0.259 e. The largest absolute Gasteiger partial charge is 0.494 e. The first-order valence-corrected chi connectivity index (χ1v) is 24.0. The summed E-state index contributed by atoms with van der Waals surface area (Å²) in [6, 6.07) is 28.3. The Morgan fingerprint density at radius 1 is 0.971 bits per heavy atom. The van der Waals surface area contributed by atoms with Crippen LogP contribution in [0, 0.1) is 16.7 Å². The van der Waals surface area contributed by atoms with E-state index in [2.05, 4.69) is 15.6 Å². The van der Waals surface area contributed by atoms with Gasteiger partial charge in [0.2, 0.25) is 17.7 Å². The molecule has 3 N–H and O–H groups in total. The second-order valence-corrected chi connectivity index (χ2v) is 20.0. The number of aliphatic hydroxyl groups is 1. The summed E-state index contributed by atoms with van der Waals surface area (Å²) in [6.45, 7) is 9.89. The highest BCUT2D eigenvalue weighted by Gasteiger charge is 2.50. The molecule has 2 aliphatic rings. The standard InChI is InChI=1S/C51H54ClN7O7S2/c1-50(2,3)45(47(63)57-29-39(60)25-42(57)46(62)55-27-32-8-10-35(11-9-32)43-28-54-31-68-43)56-44(61)30-65-22-6-7-23-66-40-20-15-34(16-21-40)33-12-17-37(18-13-33)59-49(67)58(48(64)51(59,4)5)38-19-14-36(26-53)41(52)24-38/h8-21,24,28,31,39,42,45,60H,6-7,22-23,25,27,29-30H2,1-5H3,(H,55,62)(H,56,61)/t39-,42+,45-/m1/s1. The molecule has 3 atom stereocenters. The number of amides is 4. The number of nitrogens with zero attached hydrogens (tertiary/aromatic N) is 5. The average Bonchev–Trinajstić information content (AvgIpc) is 4.04. The van der Waals surface area contributed by atoms with Crippen LogP contribution in [0.25, 0.3) is 21.6 Å². The Bertz CT molecular complexity index is 2670. The summed E-state index contributed by atoms with van der Waals surface area (Å²) in [5, 5.41) is 26.1. The van der Waals surface area contributed by atoms with Crippen LogP contribution >= 0.6 is 35.2 Å². The summed E-state index contributed by atoms with van der Waals surface area (Å²) < 4.78 is 11.6. The molecule has 3 heterocycles. The molecule has 17 heteroatoms. The molecule has 0 aliphatic carbocycles. The fourth-order valence-corrected chi connectivity index (χ4v) is 9.54. The highest BCUT2D eigenvalue weighted by molar-refractivity contribution is 7.81. The minimum Gasteiger partial charge on any atom is -0.494 e. The van der Waals surface area contributed by atoms with Crippen molar-refractivity contribution in [2.45, 2.75) is 84.2 Å². The monoisotopic (exact) mass is 975 g/mol. The number of halogens is 1. The molecular weight excluding hydrogens is 922 g/mol. The summed E-state index contributed by atoms with van der Waals surface area (Å²) in [5.74, 6) is -0.769. The van der Waals surface area contributed by atoms with Crippen molar-refractivity contribution in [3.63, 3.8) is 0 Å². The maximum atomic E-state index is 14.0. The Labute approximate surface area is 410 Å². The maximum absolute atomic E-state index is 14.0. The van der Waals surface area contributed by atoms with E-state index in [9.17, 15) is 29.5 Å². The van der Waals surface area contributed by atoms with Crippen LogP contribution in [0.5, 0.6) is 5.75 Å². The number of β-amino-alcohol motifs (C(OH)–C–C–N with tert-alkyl or cyclic N) is 1. The first kappa shape index (κ1) is 49.7. The van der Waals surface area contributed by atoms with Crippen LogP contribution in [0.15, 0.2) is 103 Å². The molecule has 2 aliphatic heterocycles. The van der Waals surface area contributed by atoms with Crippen molar-refractivity contribution < 1.29 is 33.8 Å². The Kier molecular flexibility index (Phi) is 15.6. The molecule has 14 nitrogen and oxygen atoms in total. The fraction of sp³-hybridized carbons (Fsp3) is 0.353. The van der Waals surface area contributed by atoms with Gasteiger partial charge in [-0.05, 0) is 109 Å². The second kappa shape index (κ2) is 21.4. The fourth-order valence-electron chi connectivity index (χ4n) is 8.17. The van der Waals surface area contributed by atoms with Crippen LogP contribution in [0.1, 0.15) is 65.0 Å². The number of hydrogen-bond donors (Lipinski definition) is 3. The number of ether oxygens (including phenoxy) is 2. The number of thiazole rings is 1. The third kappa shape index (κ3) is 11.4. The van der Waals surface area contributed by atoms with E-state index < -0.39 is 41.0 Å². The van der Waals surface area contributed by atoms with Crippen molar-refractivity contribution >= 4 is 75.3 Å². The zero-order valence-electron chi connectivity index (χ0n) is 38.5. The first-order chi connectivity index (χ1) is 32.5. The van der Waals surface area contributed by atoms with Crippen LogP contribution in [0.3, 0.4) is 0 Å². The normalized spacial score (nSPS) is 17.2. The molecule has 0 saturated carbocycles. The van der Waals surface area contributed by atoms with Crippen LogP contribution < -0.4 is 25.2 Å². The lowest BCUT2D eigenvalue weighted by Gasteiger charge is -2.35. The van der Waals surface area contributed by atoms with Crippen LogP contribution in [0.4, 0.5) is 11.4 Å². The van der Waals surface area contributed by atoms with Gasteiger partial charge in [0.15, 0.2) is 5.11 Å². The summed E-state index contributed by atoms with van der Waals surface area (Å²) in [6.07, 6.45) is 2.35. The molecule has 2 saturated heterocycles. The number of benzene rings is 4. The van der Waals surface area contributed by atoms with Gasteiger partial charge in [-0.15, -0.1) is 11.3 Å². The van der Waals surface area contributed by atoms with Gasteiger partial charge in [0.25, 0.3) is 5.91 Å². The molecule has 7 rings (SSSR count). The predicted molar refractivity (Wildman–Crippen MR) is 267 cm³/mol. The predicted octanol–water partition coefficient (Wildman–Crippen LogP) is 7.90. The Hall–Kier alpha value is -6.22. The van der Waals surface area contributed by atoms with Crippen LogP contribution in [-0.2, 0) is 30.5 Å². The summed E-state index contributed by atoms with van der Waals surface area (Å²) in [7, 11) is 0. The molecule has 0 bridgehead atoms. The van der Waals surface area contributed by atoms with Gasteiger partial charge in [0, 0.05) is 38.0 Å². The Morgan fingerprint density at radius 3 is 2.25 bits per heavy atom. The lowest BCUT2D eigenvalue weighted by molar-refractivity contribution is -0.144. The van der Waals surface area contributed by atoms with Gasteiger partial charge >= 0.3 is 0 Å². The van der Waals surface area contributed by atoms with E-state index in [-0.39, 0.29) is 43.0 Å². The topological polar surface area (TPSA) is 177 Å². The number of nitriles is 1. The molecule has 0 radical (unpaired) electrons. The lowest BCUT2D eigenvalue weighted by Crippen LogP contribution is -2.58. The van der Waals surface area contributed by atoms with Crippen molar-refractivity contribution in [2.24, 2.45) is 5.41 Å². The number of thiocarbonyl (C=S) groups is 1. The number of hydrogen-bond acceptors (Lipinski definition) is 11. The Morgan fingerprint density at radius 2 is 1.62 bits per heavy atom. The number of carbonyl (C=O) groups is 4. The third-order valence-corrected chi connectivity index (χ3v) is 13.4. The number of rotatable bonds is 17. The summed E-state index contributed by atoms with van der Waals surface area (Å²) >= 11 is 13.6. The molecule has 0 spiro atoms. The van der Waals surface area contributed by atoms with E-state index in [1.54, 1.807) is 41.2 Å². The molecule has 68 heavy (non-hydrogen) atoms. The molecule has 4 amide bonds. The minimum absolute atomic E-state index is 0.0154. The van der Waals surface area contributed by atoms with Gasteiger partial charge < -0.3 is 35.0 Å². The van der Waals surface area contributed by atoms with E-state index in [1.165, 1.54) is 9.80 Å². The number of anilines is 2. The average molecular weight is 977 g/mol. The first-order valence-electron chi connectivity index (χ1n) is 22.3. The molecule has 2 fully saturated rings. The molecule has 1 aromatic heterocycles. The van der Waals surface area contributed by atoms with Gasteiger partial charge in [-0.3, -0.25) is 29.1 Å². The maximum Gasteiger partial charge on any atom is 0.259 e. The van der Waals surface area contributed by atoms with Crippen molar-refractivity contribution in [3.8, 4) is 33.4 Å². The molecule has 0 unspecified atom stereocenters. The van der Waals surface area contributed by atoms with Gasteiger partial charge in [-0.2, -0.15) is 5.26 Å². The zero-order valence-corrected chi connectivity index (χ0v) is 40.9. The highest BCUT2D eigenvalue weighted by atomic mass is 35.5. The van der Waals surface area contributed by atoms with Crippen LogP contribution in [-0.4, -0.2) is 93.8 Å². The zero-order chi connectivity index (χ0) is 48.8. The number of aliphatic hydroxyl groups excluding tert-OH is 1. The van der Waals surface area contributed by atoms with E-state index >= 15 is 0 Å². The van der Waals surface area contributed by atoms with Crippen molar-refractivity contribution in [3.05, 3.63) is 119 Å². The van der Waals surface area contributed by atoms with Gasteiger partial charge in [-0.25, -0.2) is 0 Å². The summed E-state index contributed by atoms with van der Waals surface area (Å²) in [5.41, 5.74) is 5.54. The van der Waals surface area contributed by atoms with E-state index in [0.29, 0.717) is 48.2 Å². The number of carbonyl (C=O) groups excluding carboxylic acids is 4. The highest BCUT2D eigenvalue weighted by Crippen LogP contribution is 2.38. The van der Waals surface area contributed by atoms with E-state index in [1.807, 2.05) is 118 Å². The minimum atomic E-state index is -0.970. The van der Waals surface area contributed by atoms with E-state index in [0.717, 1.165) is 32.8 Å². The van der Waals surface area contributed by atoms with Gasteiger partial charge in [-0.1, -0.05) is 80.9 Å². The molecular formula is C51H54ClN7O7S2. The quantitative estimate of drug-likeness (QED) is 0.0610. The Balaban J connectivity index is 0.831. The third-order valence-electron chi connectivity index (χ3n) is 11.9. The lowest BCUT2D eigenvalue weighted by atomic mass is 9.85. The molecule has 4 aromatic carbocycles. The van der Waals surface area contributed by atoms with Gasteiger partial charge in [0.1, 0.15) is 36.0 Å². The summed E-state index contributed by atoms with van der Waals surface area (Å²) in [4.78, 5) is 63.9. The second-order valence-electron chi connectivity index (χ2n) is 18.3. The van der Waals surface area contributed by atoms with Crippen molar-refractivity contribution in [1.82, 2.24) is 20.5 Å². The number of unbranched alkanes of at least 4 members (excludes halogenated alkanes) is 1. The van der Waals surface area contributed by atoms with Crippen LogP contribution in [0.2, 0.25) is 5.02 Å². The number of likely N-dealkylation sites (tertiary alicyclic amines) is 1.